The van der Waals surface area contributed by atoms with Gasteiger partial charge in [0.25, 0.3) is 0 Å². The quantitative estimate of drug-likeness (QED) is 0.886. The van der Waals surface area contributed by atoms with Gasteiger partial charge in [-0.15, -0.1) is 0 Å². The number of nitrogens with zero attached hydrogens (tertiary/aromatic N) is 2. The van der Waals surface area contributed by atoms with Crippen LogP contribution in [0.3, 0.4) is 0 Å². The van der Waals surface area contributed by atoms with E-state index in [1.54, 1.807) is 0 Å². The number of rotatable bonds is 5. The standard InChI is InChI=1S/C17H23N3/c1-5-10-18-16-13(4)15(6-2)19-17(20-16)14-9-7-8-12(3)11-14/h7-9,11H,5-6,10H2,1-4H3,(H,18,19,20). The second-order valence-corrected chi connectivity index (χ2v) is 5.12. The Bertz CT molecular complexity index is 591. The van der Waals surface area contributed by atoms with Gasteiger partial charge in [0, 0.05) is 23.4 Å². The van der Waals surface area contributed by atoms with E-state index in [0.717, 1.165) is 47.8 Å². The highest BCUT2D eigenvalue weighted by molar-refractivity contribution is 5.60. The summed E-state index contributed by atoms with van der Waals surface area (Å²) in [7, 11) is 0. The molecule has 0 amide bonds. The first-order valence-corrected chi connectivity index (χ1v) is 7.34. The van der Waals surface area contributed by atoms with Crippen molar-refractivity contribution in [2.75, 3.05) is 11.9 Å². The van der Waals surface area contributed by atoms with Crippen molar-refractivity contribution in [1.82, 2.24) is 9.97 Å². The van der Waals surface area contributed by atoms with Crippen LogP contribution in [0.2, 0.25) is 0 Å². The molecule has 0 bridgehead atoms. The molecular weight excluding hydrogens is 246 g/mol. The monoisotopic (exact) mass is 269 g/mol. The van der Waals surface area contributed by atoms with Gasteiger partial charge < -0.3 is 5.32 Å². The highest BCUT2D eigenvalue weighted by Crippen LogP contribution is 2.23. The molecule has 0 atom stereocenters. The molecule has 0 saturated heterocycles. The lowest BCUT2D eigenvalue weighted by Crippen LogP contribution is -2.08. The van der Waals surface area contributed by atoms with E-state index >= 15 is 0 Å². The van der Waals surface area contributed by atoms with Crippen LogP contribution < -0.4 is 5.32 Å². The second kappa shape index (κ2) is 6.51. The van der Waals surface area contributed by atoms with E-state index in [9.17, 15) is 0 Å². The minimum absolute atomic E-state index is 0.815. The van der Waals surface area contributed by atoms with E-state index in [2.05, 4.69) is 57.3 Å². The summed E-state index contributed by atoms with van der Waals surface area (Å²) in [6.45, 7) is 9.42. The van der Waals surface area contributed by atoms with Gasteiger partial charge in [0.2, 0.25) is 0 Å². The summed E-state index contributed by atoms with van der Waals surface area (Å²) in [4.78, 5) is 9.43. The number of aromatic nitrogens is 2. The van der Waals surface area contributed by atoms with E-state index in [1.807, 2.05) is 0 Å². The van der Waals surface area contributed by atoms with Gasteiger partial charge in [0.15, 0.2) is 5.82 Å². The average Bonchev–Trinajstić information content (AvgIpc) is 2.46. The summed E-state index contributed by atoms with van der Waals surface area (Å²) < 4.78 is 0. The van der Waals surface area contributed by atoms with Gasteiger partial charge in [-0.25, -0.2) is 9.97 Å². The molecule has 0 aliphatic heterocycles. The molecular formula is C17H23N3. The van der Waals surface area contributed by atoms with Crippen LogP contribution in [0.5, 0.6) is 0 Å². The highest BCUT2D eigenvalue weighted by Gasteiger charge is 2.10. The highest BCUT2D eigenvalue weighted by atomic mass is 15.0. The van der Waals surface area contributed by atoms with Crippen LogP contribution in [-0.4, -0.2) is 16.5 Å². The van der Waals surface area contributed by atoms with Gasteiger partial charge in [-0.1, -0.05) is 37.6 Å². The maximum Gasteiger partial charge on any atom is 0.161 e. The summed E-state index contributed by atoms with van der Waals surface area (Å²) >= 11 is 0. The summed E-state index contributed by atoms with van der Waals surface area (Å²) in [6, 6.07) is 8.35. The van der Waals surface area contributed by atoms with Gasteiger partial charge in [0.1, 0.15) is 5.82 Å². The normalized spacial score (nSPS) is 10.6. The Kier molecular flexibility index (Phi) is 4.72. The van der Waals surface area contributed by atoms with E-state index < -0.39 is 0 Å². The Labute approximate surface area is 121 Å². The SMILES string of the molecule is CCCNc1nc(-c2cccc(C)c2)nc(CC)c1C. The molecule has 0 aliphatic rings. The van der Waals surface area contributed by atoms with Crippen LogP contribution in [0.4, 0.5) is 5.82 Å². The fourth-order valence-corrected chi connectivity index (χ4v) is 2.24. The van der Waals surface area contributed by atoms with Crippen molar-refractivity contribution in [2.45, 2.75) is 40.5 Å². The zero-order valence-electron chi connectivity index (χ0n) is 12.8. The van der Waals surface area contributed by atoms with Crippen LogP contribution in [0, 0.1) is 13.8 Å². The molecule has 1 aromatic carbocycles. The van der Waals surface area contributed by atoms with E-state index in [0.29, 0.717) is 0 Å². The van der Waals surface area contributed by atoms with Crippen molar-refractivity contribution in [3.63, 3.8) is 0 Å². The smallest absolute Gasteiger partial charge is 0.161 e. The Morgan fingerprint density at radius 3 is 2.55 bits per heavy atom. The molecule has 3 heteroatoms. The lowest BCUT2D eigenvalue weighted by atomic mass is 10.1. The van der Waals surface area contributed by atoms with E-state index in [1.165, 1.54) is 5.56 Å². The second-order valence-electron chi connectivity index (χ2n) is 5.12. The topological polar surface area (TPSA) is 37.8 Å². The van der Waals surface area contributed by atoms with Crippen LogP contribution in [-0.2, 0) is 6.42 Å². The molecule has 0 radical (unpaired) electrons. The molecule has 0 aliphatic carbocycles. The zero-order valence-corrected chi connectivity index (χ0v) is 12.8. The predicted octanol–water partition coefficient (Wildman–Crippen LogP) is 4.14. The number of hydrogen-bond donors (Lipinski definition) is 1. The van der Waals surface area contributed by atoms with Crippen molar-refractivity contribution in [2.24, 2.45) is 0 Å². The minimum atomic E-state index is 0.815. The number of nitrogens with one attached hydrogen (secondary N) is 1. The fraction of sp³-hybridized carbons (Fsp3) is 0.412. The van der Waals surface area contributed by atoms with Crippen molar-refractivity contribution in [3.05, 3.63) is 41.1 Å². The fourth-order valence-electron chi connectivity index (χ4n) is 2.24. The molecule has 2 rings (SSSR count). The lowest BCUT2D eigenvalue weighted by molar-refractivity contribution is 0.936. The number of aryl methyl sites for hydroxylation is 2. The predicted molar refractivity (Wildman–Crippen MR) is 85.1 cm³/mol. The summed E-state index contributed by atoms with van der Waals surface area (Å²) in [5, 5.41) is 3.41. The summed E-state index contributed by atoms with van der Waals surface area (Å²) in [5.41, 5.74) is 4.60. The number of benzene rings is 1. The van der Waals surface area contributed by atoms with Crippen molar-refractivity contribution in [3.8, 4) is 11.4 Å². The van der Waals surface area contributed by atoms with Gasteiger partial charge in [0.05, 0.1) is 0 Å². The van der Waals surface area contributed by atoms with Crippen LogP contribution in [0.1, 0.15) is 37.1 Å². The third kappa shape index (κ3) is 3.16. The minimum Gasteiger partial charge on any atom is -0.370 e. The lowest BCUT2D eigenvalue weighted by Gasteiger charge is -2.13. The van der Waals surface area contributed by atoms with Gasteiger partial charge in [-0.3, -0.25) is 0 Å². The van der Waals surface area contributed by atoms with Crippen LogP contribution in [0.15, 0.2) is 24.3 Å². The van der Waals surface area contributed by atoms with Gasteiger partial charge >= 0.3 is 0 Å². The Balaban J connectivity index is 2.48. The molecule has 20 heavy (non-hydrogen) atoms. The molecule has 0 unspecified atom stereocenters. The molecule has 0 saturated carbocycles. The molecule has 106 valence electrons. The maximum atomic E-state index is 4.72. The maximum absolute atomic E-state index is 4.72. The molecule has 1 N–H and O–H groups in total. The third-order valence-corrected chi connectivity index (χ3v) is 3.40. The molecule has 3 nitrogen and oxygen atoms in total. The van der Waals surface area contributed by atoms with E-state index in [4.69, 9.17) is 9.97 Å². The summed E-state index contributed by atoms with van der Waals surface area (Å²) in [5.74, 6) is 1.78. The summed E-state index contributed by atoms with van der Waals surface area (Å²) in [6.07, 6.45) is 2.01. The first kappa shape index (κ1) is 14.5. The average molecular weight is 269 g/mol. The molecule has 0 fully saturated rings. The zero-order chi connectivity index (χ0) is 14.5. The number of anilines is 1. The first-order chi connectivity index (χ1) is 9.65. The Hall–Kier alpha value is -1.90. The number of hydrogen-bond acceptors (Lipinski definition) is 3. The van der Waals surface area contributed by atoms with Crippen LogP contribution >= 0.6 is 0 Å². The van der Waals surface area contributed by atoms with Crippen LogP contribution in [0.25, 0.3) is 11.4 Å². The largest absolute Gasteiger partial charge is 0.370 e. The molecule has 0 spiro atoms. The van der Waals surface area contributed by atoms with E-state index in [-0.39, 0.29) is 0 Å². The van der Waals surface area contributed by atoms with Gasteiger partial charge in [-0.05, 0) is 32.8 Å². The van der Waals surface area contributed by atoms with Crippen molar-refractivity contribution < 1.29 is 0 Å². The van der Waals surface area contributed by atoms with Gasteiger partial charge in [-0.2, -0.15) is 0 Å². The molecule has 1 aromatic heterocycles. The molecule has 2 aromatic rings. The Morgan fingerprint density at radius 2 is 1.90 bits per heavy atom. The first-order valence-electron chi connectivity index (χ1n) is 7.34. The van der Waals surface area contributed by atoms with Crippen molar-refractivity contribution in [1.29, 1.82) is 0 Å². The van der Waals surface area contributed by atoms with Crippen molar-refractivity contribution >= 4 is 5.82 Å². The third-order valence-electron chi connectivity index (χ3n) is 3.40. The molecule has 1 heterocycles. The Morgan fingerprint density at radius 1 is 1.10 bits per heavy atom.